The highest BCUT2D eigenvalue weighted by Crippen LogP contribution is 2.40. The number of carbonyl (C=O) groups is 2. The van der Waals surface area contributed by atoms with Crippen LogP contribution < -0.4 is 4.74 Å². The van der Waals surface area contributed by atoms with Crippen LogP contribution in [-0.4, -0.2) is 42.0 Å². The second kappa shape index (κ2) is 10.9. The molecular weight excluding hydrogens is 485 g/mol. The molecule has 1 N–H and O–H groups in total. The number of methoxy groups -OCH3 is 1. The van der Waals surface area contributed by atoms with Crippen molar-refractivity contribution in [3.8, 4) is 5.75 Å². The molecule has 0 radical (unpaired) electrons. The number of hydrogen-bond acceptors (Lipinski definition) is 5. The molecule has 1 fully saturated rings. The second-order valence-corrected chi connectivity index (χ2v) is 9.00. The Balaban J connectivity index is 1.52. The van der Waals surface area contributed by atoms with Crippen molar-refractivity contribution in [1.82, 2.24) is 4.90 Å². The molecule has 192 valence electrons. The van der Waals surface area contributed by atoms with E-state index in [4.69, 9.17) is 9.47 Å². The largest absolute Gasteiger partial charge is 0.507 e. The minimum Gasteiger partial charge on any atom is -0.507 e. The van der Waals surface area contributed by atoms with Crippen molar-refractivity contribution in [2.24, 2.45) is 0 Å². The predicted octanol–water partition coefficient (Wildman–Crippen LogP) is 5.63. The third kappa shape index (κ3) is 4.88. The fourth-order valence-electron chi connectivity index (χ4n) is 4.72. The van der Waals surface area contributed by atoms with Gasteiger partial charge in [-0.15, -0.1) is 0 Å². The van der Waals surface area contributed by atoms with Gasteiger partial charge in [0.15, 0.2) is 0 Å². The first-order valence-electron chi connectivity index (χ1n) is 12.2. The van der Waals surface area contributed by atoms with Gasteiger partial charge in [0.2, 0.25) is 0 Å². The van der Waals surface area contributed by atoms with E-state index in [0.29, 0.717) is 16.9 Å². The van der Waals surface area contributed by atoms with E-state index in [1.54, 1.807) is 48.5 Å². The molecule has 0 saturated carbocycles. The number of carbonyl (C=O) groups excluding carboxylic acids is 2. The van der Waals surface area contributed by atoms with Gasteiger partial charge in [0.1, 0.15) is 23.9 Å². The van der Waals surface area contributed by atoms with E-state index in [1.165, 1.54) is 24.1 Å². The highest BCUT2D eigenvalue weighted by molar-refractivity contribution is 6.46. The predicted molar refractivity (Wildman–Crippen MR) is 142 cm³/mol. The summed E-state index contributed by atoms with van der Waals surface area (Å²) in [6, 6.07) is 25.3. The van der Waals surface area contributed by atoms with Crippen LogP contribution in [0, 0.1) is 5.82 Å². The van der Waals surface area contributed by atoms with E-state index in [2.05, 4.69) is 0 Å². The Kier molecular flexibility index (Phi) is 7.20. The molecular formula is C31H26FNO5. The number of ether oxygens (including phenoxy) is 2. The average molecular weight is 512 g/mol. The van der Waals surface area contributed by atoms with E-state index in [9.17, 15) is 19.1 Å². The minimum absolute atomic E-state index is 0.0300. The molecule has 1 heterocycles. The zero-order valence-electron chi connectivity index (χ0n) is 20.8. The fourth-order valence-corrected chi connectivity index (χ4v) is 4.72. The summed E-state index contributed by atoms with van der Waals surface area (Å²) in [4.78, 5) is 27.8. The molecule has 1 unspecified atom stereocenters. The number of amides is 1. The molecule has 4 aromatic rings. The maximum absolute atomic E-state index is 13.3. The summed E-state index contributed by atoms with van der Waals surface area (Å²) in [7, 11) is 1.52. The number of rotatable bonds is 8. The Hall–Kier alpha value is -4.49. The molecule has 1 aliphatic rings. The summed E-state index contributed by atoms with van der Waals surface area (Å²) in [5.41, 5.74) is 1.98. The van der Waals surface area contributed by atoms with Crippen molar-refractivity contribution in [3.63, 3.8) is 0 Å². The molecule has 4 aromatic carbocycles. The standard InChI is InChI=1S/C31H26FNO5/c1-37-18-17-33-28(22-11-15-24(16-12-22)38-19-20-9-13-23(32)14-10-20)27(30(35)31(33)36)29(34)26-8-4-6-21-5-2-3-7-25(21)26/h2-16,28,34H,17-19H2,1H3/b29-27-. The van der Waals surface area contributed by atoms with Crippen LogP contribution in [-0.2, 0) is 20.9 Å². The molecule has 0 aliphatic carbocycles. The molecule has 5 rings (SSSR count). The van der Waals surface area contributed by atoms with Crippen LogP contribution >= 0.6 is 0 Å². The normalized spacial score (nSPS) is 16.8. The van der Waals surface area contributed by atoms with Crippen LogP contribution in [0.1, 0.15) is 22.7 Å². The summed E-state index contributed by atoms with van der Waals surface area (Å²) in [5, 5.41) is 13.1. The number of aliphatic hydroxyl groups is 1. The first-order chi connectivity index (χ1) is 18.5. The van der Waals surface area contributed by atoms with Gasteiger partial charge in [0.25, 0.3) is 11.7 Å². The number of Topliss-reactive ketones (excluding diaryl/α,β-unsaturated/α-hetero) is 1. The zero-order chi connectivity index (χ0) is 26.6. The lowest BCUT2D eigenvalue weighted by atomic mass is 9.93. The summed E-state index contributed by atoms with van der Waals surface area (Å²) >= 11 is 0. The third-order valence-corrected chi connectivity index (χ3v) is 6.64. The van der Waals surface area contributed by atoms with Gasteiger partial charge in [0.05, 0.1) is 18.2 Å². The zero-order valence-corrected chi connectivity index (χ0v) is 20.8. The van der Waals surface area contributed by atoms with Gasteiger partial charge in [-0.2, -0.15) is 0 Å². The SMILES string of the molecule is COCCN1C(=O)C(=O)/C(=C(\O)c2cccc3ccccc23)C1c1ccc(OCc2ccc(F)cc2)cc1. The Morgan fingerprint density at radius 1 is 0.921 bits per heavy atom. The van der Waals surface area contributed by atoms with Crippen LogP contribution in [0.5, 0.6) is 5.75 Å². The van der Waals surface area contributed by atoms with Gasteiger partial charge < -0.3 is 19.5 Å². The number of likely N-dealkylation sites (tertiary alicyclic amines) is 1. The first-order valence-corrected chi connectivity index (χ1v) is 12.2. The lowest BCUT2D eigenvalue weighted by Crippen LogP contribution is -2.32. The Bertz CT molecular complexity index is 1510. The van der Waals surface area contributed by atoms with Gasteiger partial charge in [0, 0.05) is 19.2 Å². The topological polar surface area (TPSA) is 76.1 Å². The van der Waals surface area contributed by atoms with Crippen LogP contribution in [0.25, 0.3) is 16.5 Å². The number of benzene rings is 4. The molecule has 6 nitrogen and oxygen atoms in total. The number of ketones is 1. The van der Waals surface area contributed by atoms with Crippen LogP contribution in [0.15, 0.2) is 96.6 Å². The van der Waals surface area contributed by atoms with Crippen molar-refractivity contribution in [1.29, 1.82) is 0 Å². The Morgan fingerprint density at radius 3 is 2.37 bits per heavy atom. The van der Waals surface area contributed by atoms with E-state index >= 15 is 0 Å². The highest BCUT2D eigenvalue weighted by Gasteiger charge is 2.46. The maximum Gasteiger partial charge on any atom is 0.295 e. The minimum atomic E-state index is -0.796. The molecule has 38 heavy (non-hydrogen) atoms. The average Bonchev–Trinajstić information content (AvgIpc) is 3.20. The van der Waals surface area contributed by atoms with Crippen molar-refractivity contribution in [3.05, 3.63) is 119 Å². The molecule has 0 bridgehead atoms. The van der Waals surface area contributed by atoms with Crippen LogP contribution in [0.4, 0.5) is 4.39 Å². The number of aliphatic hydroxyl groups excluding tert-OH is 1. The highest BCUT2D eigenvalue weighted by atomic mass is 19.1. The smallest absolute Gasteiger partial charge is 0.295 e. The van der Waals surface area contributed by atoms with Crippen molar-refractivity contribution in [2.75, 3.05) is 20.3 Å². The Labute approximate surface area is 219 Å². The van der Waals surface area contributed by atoms with Gasteiger partial charge in [-0.3, -0.25) is 9.59 Å². The second-order valence-electron chi connectivity index (χ2n) is 9.00. The van der Waals surface area contributed by atoms with Gasteiger partial charge in [-0.1, -0.05) is 66.7 Å². The summed E-state index contributed by atoms with van der Waals surface area (Å²) in [6.07, 6.45) is 0. The fraction of sp³-hybridized carbons (Fsp3) is 0.161. The number of fused-ring (bicyclic) bond motifs is 1. The van der Waals surface area contributed by atoms with E-state index < -0.39 is 17.7 Å². The van der Waals surface area contributed by atoms with Gasteiger partial charge >= 0.3 is 0 Å². The first kappa shape index (κ1) is 25.2. The van der Waals surface area contributed by atoms with E-state index in [0.717, 1.165) is 16.3 Å². The monoisotopic (exact) mass is 511 g/mol. The number of nitrogens with zero attached hydrogens (tertiary/aromatic N) is 1. The summed E-state index contributed by atoms with van der Waals surface area (Å²) in [5.74, 6) is -1.39. The number of hydrogen-bond donors (Lipinski definition) is 1. The van der Waals surface area contributed by atoms with Crippen molar-refractivity contribution < 1.29 is 28.6 Å². The van der Waals surface area contributed by atoms with Crippen molar-refractivity contribution >= 4 is 28.2 Å². The molecule has 1 saturated heterocycles. The summed E-state index contributed by atoms with van der Waals surface area (Å²) in [6.45, 7) is 0.671. The maximum atomic E-state index is 13.3. The quantitative estimate of drug-likeness (QED) is 0.189. The molecule has 0 spiro atoms. The Morgan fingerprint density at radius 2 is 1.63 bits per heavy atom. The van der Waals surface area contributed by atoms with Gasteiger partial charge in [-0.25, -0.2) is 4.39 Å². The molecule has 0 aromatic heterocycles. The molecule has 1 aliphatic heterocycles. The number of halogens is 1. The van der Waals surface area contributed by atoms with Crippen LogP contribution in [0.2, 0.25) is 0 Å². The molecule has 7 heteroatoms. The van der Waals surface area contributed by atoms with E-state index in [1.807, 2.05) is 30.3 Å². The van der Waals surface area contributed by atoms with Crippen LogP contribution in [0.3, 0.4) is 0 Å². The molecule has 1 atom stereocenters. The summed E-state index contributed by atoms with van der Waals surface area (Å²) < 4.78 is 24.2. The molecule has 1 amide bonds. The lowest BCUT2D eigenvalue weighted by Gasteiger charge is -2.25. The third-order valence-electron chi connectivity index (χ3n) is 6.64. The van der Waals surface area contributed by atoms with Crippen molar-refractivity contribution in [2.45, 2.75) is 12.6 Å². The van der Waals surface area contributed by atoms with E-state index in [-0.39, 0.29) is 36.9 Å². The lowest BCUT2D eigenvalue weighted by molar-refractivity contribution is -0.140. The van der Waals surface area contributed by atoms with Gasteiger partial charge in [-0.05, 0) is 46.2 Å².